The number of hydrogen-bond acceptors (Lipinski definition) is 3. The van der Waals surface area contributed by atoms with Gasteiger partial charge in [-0.15, -0.1) is 40.8 Å². The number of likely N-dealkylation sites (tertiary alicyclic amines) is 1. The molecule has 7 heteroatoms. The fraction of sp³-hybridized carbons (Fsp3) is 0.500. The van der Waals surface area contributed by atoms with Gasteiger partial charge in [-0.1, -0.05) is 49.8 Å². The summed E-state index contributed by atoms with van der Waals surface area (Å²) in [5, 5.41) is 11.8. The monoisotopic (exact) mass is 508 g/mol. The summed E-state index contributed by atoms with van der Waals surface area (Å²) in [7, 11) is 1.98. The van der Waals surface area contributed by atoms with Crippen LogP contribution >= 0.6 is 24.0 Å². The van der Waals surface area contributed by atoms with Crippen LogP contribution in [0.4, 0.5) is 0 Å². The SMILES string of the molecule is C=CCNC(=NCc1nnc(C)n1C)N1CCC(c2ccccc2)C(CC)C1.I. The van der Waals surface area contributed by atoms with Crippen LogP contribution in [-0.4, -0.2) is 45.3 Å². The van der Waals surface area contributed by atoms with Crippen LogP contribution in [0, 0.1) is 12.8 Å². The fourth-order valence-electron chi connectivity index (χ4n) is 3.94. The van der Waals surface area contributed by atoms with E-state index in [1.165, 1.54) is 5.56 Å². The second-order valence-corrected chi connectivity index (χ2v) is 7.45. The van der Waals surface area contributed by atoms with Gasteiger partial charge in [0.1, 0.15) is 12.4 Å². The highest BCUT2D eigenvalue weighted by Gasteiger charge is 2.30. The van der Waals surface area contributed by atoms with Crippen LogP contribution in [0.25, 0.3) is 0 Å². The molecule has 1 aliphatic rings. The molecule has 29 heavy (non-hydrogen) atoms. The number of piperidine rings is 1. The Hall–Kier alpha value is -1.90. The Bertz CT molecular complexity index is 801. The van der Waals surface area contributed by atoms with E-state index in [0.29, 0.717) is 24.9 Å². The Morgan fingerprint density at radius 3 is 2.69 bits per heavy atom. The maximum atomic E-state index is 4.86. The molecular weight excluding hydrogens is 475 g/mol. The molecule has 1 N–H and O–H groups in total. The minimum atomic E-state index is 0. The highest BCUT2D eigenvalue weighted by atomic mass is 127. The van der Waals surface area contributed by atoms with Crippen LogP contribution in [0.1, 0.15) is 42.9 Å². The van der Waals surface area contributed by atoms with Gasteiger partial charge in [0.15, 0.2) is 11.8 Å². The number of aliphatic imine (C=N–C) groups is 1. The topological polar surface area (TPSA) is 58.3 Å². The summed E-state index contributed by atoms with van der Waals surface area (Å²) in [4.78, 5) is 7.25. The third-order valence-electron chi connectivity index (χ3n) is 5.74. The molecule has 158 valence electrons. The van der Waals surface area contributed by atoms with E-state index in [1.54, 1.807) is 0 Å². The van der Waals surface area contributed by atoms with Crippen molar-refractivity contribution in [3.8, 4) is 0 Å². The van der Waals surface area contributed by atoms with Gasteiger partial charge < -0.3 is 14.8 Å². The van der Waals surface area contributed by atoms with Crippen LogP contribution < -0.4 is 5.32 Å². The van der Waals surface area contributed by atoms with Crippen LogP contribution in [0.3, 0.4) is 0 Å². The van der Waals surface area contributed by atoms with E-state index in [-0.39, 0.29) is 24.0 Å². The summed E-state index contributed by atoms with van der Waals surface area (Å²) in [6.07, 6.45) is 4.17. The van der Waals surface area contributed by atoms with E-state index in [0.717, 1.165) is 43.5 Å². The Kier molecular flexibility index (Phi) is 9.13. The molecule has 0 aliphatic carbocycles. The summed E-state index contributed by atoms with van der Waals surface area (Å²) in [6.45, 7) is 11.3. The zero-order valence-electron chi connectivity index (χ0n) is 17.7. The number of aryl methyl sites for hydroxylation is 1. The summed E-state index contributed by atoms with van der Waals surface area (Å²) >= 11 is 0. The van der Waals surface area contributed by atoms with E-state index >= 15 is 0 Å². The normalized spacial score (nSPS) is 19.6. The average Bonchev–Trinajstić information content (AvgIpc) is 3.06. The van der Waals surface area contributed by atoms with Crippen molar-refractivity contribution in [1.29, 1.82) is 0 Å². The average molecular weight is 508 g/mol. The van der Waals surface area contributed by atoms with Gasteiger partial charge in [0.2, 0.25) is 0 Å². The predicted octanol–water partition coefficient (Wildman–Crippen LogP) is 3.89. The largest absolute Gasteiger partial charge is 0.353 e. The van der Waals surface area contributed by atoms with Gasteiger partial charge in [-0.25, -0.2) is 4.99 Å². The third kappa shape index (κ3) is 5.81. The van der Waals surface area contributed by atoms with Crippen molar-refractivity contribution in [2.75, 3.05) is 19.6 Å². The zero-order valence-corrected chi connectivity index (χ0v) is 20.0. The smallest absolute Gasteiger partial charge is 0.194 e. The molecule has 3 rings (SSSR count). The first-order valence-corrected chi connectivity index (χ1v) is 10.2. The molecule has 1 saturated heterocycles. The molecule has 2 aromatic rings. The molecule has 2 unspecified atom stereocenters. The van der Waals surface area contributed by atoms with Crippen molar-refractivity contribution >= 4 is 29.9 Å². The molecule has 0 spiro atoms. The summed E-state index contributed by atoms with van der Waals surface area (Å²) in [5.41, 5.74) is 1.46. The fourth-order valence-corrected chi connectivity index (χ4v) is 3.94. The first-order valence-electron chi connectivity index (χ1n) is 10.2. The lowest BCUT2D eigenvalue weighted by Crippen LogP contribution is -2.48. The Balaban J connectivity index is 0.00000300. The number of rotatable bonds is 6. The number of halogens is 1. The molecule has 1 aromatic carbocycles. The van der Waals surface area contributed by atoms with Crippen LogP contribution in [0.5, 0.6) is 0 Å². The van der Waals surface area contributed by atoms with Gasteiger partial charge >= 0.3 is 0 Å². The van der Waals surface area contributed by atoms with Crippen molar-refractivity contribution in [2.45, 2.75) is 39.2 Å². The summed E-state index contributed by atoms with van der Waals surface area (Å²) in [5.74, 6) is 3.95. The summed E-state index contributed by atoms with van der Waals surface area (Å²) < 4.78 is 1.99. The van der Waals surface area contributed by atoms with Crippen molar-refractivity contribution in [2.24, 2.45) is 18.0 Å². The molecule has 0 radical (unpaired) electrons. The third-order valence-corrected chi connectivity index (χ3v) is 5.74. The van der Waals surface area contributed by atoms with Gasteiger partial charge in [0, 0.05) is 26.7 Å². The standard InChI is InChI=1S/C22H32N6.HI/c1-5-13-23-22(24-15-21-26-25-17(3)27(21)4)28-14-12-20(18(6-2)16-28)19-10-8-7-9-11-19;/h5,7-11,18,20H,1,6,12-16H2,2-4H3,(H,23,24);1H. The number of aromatic nitrogens is 3. The molecule has 0 bridgehead atoms. The molecule has 0 amide bonds. The molecule has 1 aliphatic heterocycles. The lowest BCUT2D eigenvalue weighted by molar-refractivity contribution is 0.215. The van der Waals surface area contributed by atoms with Crippen LogP contribution in [-0.2, 0) is 13.6 Å². The molecule has 2 atom stereocenters. The molecular formula is C22H33IN6. The van der Waals surface area contributed by atoms with Gasteiger partial charge in [-0.2, -0.15) is 0 Å². The van der Waals surface area contributed by atoms with Crippen molar-refractivity contribution in [3.05, 3.63) is 60.2 Å². The summed E-state index contributed by atoms with van der Waals surface area (Å²) in [6, 6.07) is 10.9. The number of hydrogen-bond donors (Lipinski definition) is 1. The van der Waals surface area contributed by atoms with E-state index in [2.05, 4.69) is 64.2 Å². The zero-order chi connectivity index (χ0) is 19.9. The number of guanidine groups is 1. The van der Waals surface area contributed by atoms with Crippen molar-refractivity contribution in [1.82, 2.24) is 25.0 Å². The van der Waals surface area contributed by atoms with E-state index in [1.807, 2.05) is 24.6 Å². The lowest BCUT2D eigenvalue weighted by atomic mass is 9.79. The minimum Gasteiger partial charge on any atom is -0.353 e. The maximum Gasteiger partial charge on any atom is 0.194 e. The van der Waals surface area contributed by atoms with Crippen LogP contribution in [0.2, 0.25) is 0 Å². The van der Waals surface area contributed by atoms with Gasteiger partial charge in [-0.05, 0) is 30.7 Å². The Morgan fingerprint density at radius 1 is 1.31 bits per heavy atom. The van der Waals surface area contributed by atoms with E-state index in [9.17, 15) is 0 Å². The number of nitrogens with one attached hydrogen (secondary N) is 1. The van der Waals surface area contributed by atoms with E-state index in [4.69, 9.17) is 4.99 Å². The highest BCUT2D eigenvalue weighted by Crippen LogP contribution is 2.34. The van der Waals surface area contributed by atoms with E-state index < -0.39 is 0 Å². The molecule has 2 heterocycles. The molecule has 0 saturated carbocycles. The second kappa shape index (κ2) is 11.3. The second-order valence-electron chi connectivity index (χ2n) is 7.45. The van der Waals surface area contributed by atoms with Crippen LogP contribution in [0.15, 0.2) is 48.0 Å². The van der Waals surface area contributed by atoms with Crippen molar-refractivity contribution in [3.63, 3.8) is 0 Å². The molecule has 6 nitrogen and oxygen atoms in total. The number of benzene rings is 1. The molecule has 1 fully saturated rings. The lowest BCUT2D eigenvalue weighted by Gasteiger charge is -2.40. The highest BCUT2D eigenvalue weighted by molar-refractivity contribution is 14.0. The van der Waals surface area contributed by atoms with Gasteiger partial charge in [0.25, 0.3) is 0 Å². The Labute approximate surface area is 191 Å². The van der Waals surface area contributed by atoms with Gasteiger partial charge in [-0.3, -0.25) is 0 Å². The van der Waals surface area contributed by atoms with Crippen molar-refractivity contribution < 1.29 is 0 Å². The maximum absolute atomic E-state index is 4.86. The Morgan fingerprint density at radius 2 is 2.07 bits per heavy atom. The predicted molar refractivity (Wildman–Crippen MR) is 130 cm³/mol. The first kappa shape index (κ1) is 23.4. The van der Waals surface area contributed by atoms with Gasteiger partial charge in [0.05, 0.1) is 0 Å². The minimum absolute atomic E-state index is 0. The molecule has 1 aromatic heterocycles. The quantitative estimate of drug-likeness (QED) is 0.279. The number of nitrogens with zero attached hydrogens (tertiary/aromatic N) is 5. The first-order chi connectivity index (χ1) is 13.6.